The van der Waals surface area contributed by atoms with E-state index in [2.05, 4.69) is 10.3 Å². The van der Waals surface area contributed by atoms with Crippen molar-refractivity contribution in [2.75, 3.05) is 0 Å². The number of Topliss-reactive ketones (excluding diaryl/α,β-unsaturated/α-hetero) is 1. The van der Waals surface area contributed by atoms with Gasteiger partial charge in [0.25, 0.3) is 0 Å². The van der Waals surface area contributed by atoms with Gasteiger partial charge in [-0.05, 0) is 39.8 Å². The number of hydrogen-bond acceptors (Lipinski definition) is 4. The number of nitrogens with one attached hydrogen (secondary N) is 1. The second-order valence-corrected chi connectivity index (χ2v) is 6.00. The molecule has 1 aromatic carbocycles. The first-order chi connectivity index (χ1) is 10.8. The average Bonchev–Trinajstić information content (AvgIpc) is 2.79. The van der Waals surface area contributed by atoms with Crippen LogP contribution in [-0.2, 0) is 16.0 Å². The predicted molar refractivity (Wildman–Crippen MR) is 88.0 cm³/mol. The van der Waals surface area contributed by atoms with E-state index in [0.29, 0.717) is 17.3 Å². The molecule has 122 valence electrons. The van der Waals surface area contributed by atoms with Gasteiger partial charge in [0, 0.05) is 11.6 Å². The van der Waals surface area contributed by atoms with Crippen molar-refractivity contribution >= 4 is 11.7 Å². The van der Waals surface area contributed by atoms with Crippen LogP contribution >= 0.6 is 0 Å². The molecule has 0 saturated carbocycles. The molecule has 0 bridgehead atoms. The number of amides is 1. The van der Waals surface area contributed by atoms with Crippen molar-refractivity contribution in [3.05, 3.63) is 41.3 Å². The highest BCUT2D eigenvalue weighted by molar-refractivity contribution is 5.98. The number of aromatic nitrogens is 1. The summed E-state index contributed by atoms with van der Waals surface area (Å²) >= 11 is 0. The molecule has 1 amide bonds. The first kappa shape index (κ1) is 16.9. The van der Waals surface area contributed by atoms with Crippen LogP contribution in [0.3, 0.4) is 0 Å². The number of carbonyl (C=O) groups is 2. The Bertz CT molecular complexity index is 700. The Kier molecular flexibility index (Phi) is 5.32. The number of nitrogens with zero attached hydrogens (tertiary/aromatic N) is 1. The normalized spacial score (nSPS) is 10.8. The number of rotatable bonds is 6. The minimum atomic E-state index is -0.259. The number of carbonyl (C=O) groups excluding carboxylic acids is 2. The van der Waals surface area contributed by atoms with Gasteiger partial charge in [-0.15, -0.1) is 0 Å². The van der Waals surface area contributed by atoms with Crippen LogP contribution in [0, 0.1) is 13.8 Å². The highest BCUT2D eigenvalue weighted by atomic mass is 16.4. The van der Waals surface area contributed by atoms with Gasteiger partial charge in [-0.2, -0.15) is 0 Å². The quantitative estimate of drug-likeness (QED) is 0.832. The first-order valence-electron chi connectivity index (χ1n) is 7.69. The zero-order chi connectivity index (χ0) is 17.0. The summed E-state index contributed by atoms with van der Waals surface area (Å²) in [5.41, 5.74) is 2.61. The minimum Gasteiger partial charge on any atom is -0.441 e. The first-order valence-corrected chi connectivity index (χ1v) is 7.69. The lowest BCUT2D eigenvalue weighted by atomic mass is 10.1. The molecule has 23 heavy (non-hydrogen) atoms. The van der Waals surface area contributed by atoms with Gasteiger partial charge in [0.15, 0.2) is 0 Å². The lowest BCUT2D eigenvalue weighted by Crippen LogP contribution is -2.32. The number of ketones is 1. The van der Waals surface area contributed by atoms with Crippen LogP contribution in [0.5, 0.6) is 0 Å². The molecule has 0 unspecified atom stereocenters. The fourth-order valence-electron chi connectivity index (χ4n) is 2.21. The monoisotopic (exact) mass is 314 g/mol. The van der Waals surface area contributed by atoms with Crippen molar-refractivity contribution in [2.24, 2.45) is 0 Å². The van der Waals surface area contributed by atoms with Gasteiger partial charge in [0.2, 0.25) is 11.8 Å². The van der Waals surface area contributed by atoms with Crippen molar-refractivity contribution in [2.45, 2.75) is 46.6 Å². The molecule has 5 heteroatoms. The summed E-state index contributed by atoms with van der Waals surface area (Å²) in [6.45, 7) is 7.51. The van der Waals surface area contributed by atoms with E-state index in [4.69, 9.17) is 4.42 Å². The lowest BCUT2D eigenvalue weighted by Gasteiger charge is -2.06. The second kappa shape index (κ2) is 7.22. The van der Waals surface area contributed by atoms with Crippen molar-refractivity contribution in [3.8, 4) is 11.5 Å². The number of oxazole rings is 1. The van der Waals surface area contributed by atoms with E-state index in [-0.39, 0.29) is 30.6 Å². The molecule has 1 N–H and O–H groups in total. The number of aryl methyl sites for hydroxylation is 2. The van der Waals surface area contributed by atoms with Gasteiger partial charge in [0.05, 0.1) is 18.5 Å². The Morgan fingerprint density at radius 3 is 2.43 bits per heavy atom. The van der Waals surface area contributed by atoms with E-state index in [9.17, 15) is 9.59 Å². The molecule has 2 rings (SSSR count). The molecule has 0 aliphatic carbocycles. The molecule has 0 fully saturated rings. The van der Waals surface area contributed by atoms with Gasteiger partial charge in [-0.25, -0.2) is 4.98 Å². The average molecular weight is 314 g/mol. The standard InChI is InChI=1S/C18H22N2O3/c1-11(2)19-17(22)10-15(21)9-16-13(4)23-18(20-16)14-7-5-12(3)6-8-14/h5-8,11H,9-10H2,1-4H3,(H,19,22). The van der Waals surface area contributed by atoms with Crippen LogP contribution < -0.4 is 5.32 Å². The maximum absolute atomic E-state index is 12.0. The molecular formula is C18H22N2O3. The molecule has 0 aliphatic heterocycles. The van der Waals surface area contributed by atoms with E-state index < -0.39 is 0 Å². The van der Waals surface area contributed by atoms with Gasteiger partial charge in [-0.1, -0.05) is 17.7 Å². The van der Waals surface area contributed by atoms with E-state index in [1.165, 1.54) is 0 Å². The third-order valence-corrected chi connectivity index (χ3v) is 3.36. The molecule has 0 radical (unpaired) electrons. The van der Waals surface area contributed by atoms with Gasteiger partial charge in [0.1, 0.15) is 11.5 Å². The lowest BCUT2D eigenvalue weighted by molar-refractivity contribution is -0.128. The highest BCUT2D eigenvalue weighted by Gasteiger charge is 2.17. The molecule has 1 heterocycles. The van der Waals surface area contributed by atoms with Crippen LogP contribution in [0.4, 0.5) is 0 Å². The molecule has 0 aliphatic rings. The van der Waals surface area contributed by atoms with Gasteiger partial charge < -0.3 is 9.73 Å². The summed E-state index contributed by atoms with van der Waals surface area (Å²) in [5.74, 6) is 0.676. The fourth-order valence-corrected chi connectivity index (χ4v) is 2.21. The molecule has 0 atom stereocenters. The van der Waals surface area contributed by atoms with Crippen molar-refractivity contribution < 1.29 is 14.0 Å². The molecule has 2 aromatic rings. The summed E-state index contributed by atoms with van der Waals surface area (Å²) in [5, 5.41) is 2.71. The Labute approximate surface area is 136 Å². The van der Waals surface area contributed by atoms with E-state index in [1.807, 2.05) is 45.0 Å². The number of benzene rings is 1. The third kappa shape index (κ3) is 4.77. The Balaban J connectivity index is 2.05. The highest BCUT2D eigenvalue weighted by Crippen LogP contribution is 2.22. The van der Waals surface area contributed by atoms with E-state index in [0.717, 1.165) is 11.1 Å². The van der Waals surface area contributed by atoms with Crippen LogP contribution in [-0.4, -0.2) is 22.7 Å². The maximum atomic E-state index is 12.0. The van der Waals surface area contributed by atoms with Crippen LogP contribution in [0.15, 0.2) is 28.7 Å². The SMILES string of the molecule is Cc1ccc(-c2nc(CC(=O)CC(=O)NC(C)C)c(C)o2)cc1. The van der Waals surface area contributed by atoms with E-state index in [1.54, 1.807) is 6.92 Å². The zero-order valence-corrected chi connectivity index (χ0v) is 14.0. The Hall–Kier alpha value is -2.43. The fraction of sp³-hybridized carbons (Fsp3) is 0.389. The second-order valence-electron chi connectivity index (χ2n) is 6.00. The smallest absolute Gasteiger partial charge is 0.227 e. The summed E-state index contributed by atoms with van der Waals surface area (Å²) in [6, 6.07) is 7.86. The molecule has 1 aromatic heterocycles. The Morgan fingerprint density at radius 1 is 1.17 bits per heavy atom. The topological polar surface area (TPSA) is 72.2 Å². The third-order valence-electron chi connectivity index (χ3n) is 3.36. The summed E-state index contributed by atoms with van der Waals surface area (Å²) < 4.78 is 5.65. The maximum Gasteiger partial charge on any atom is 0.227 e. The zero-order valence-electron chi connectivity index (χ0n) is 14.0. The van der Waals surface area contributed by atoms with Crippen LogP contribution in [0.2, 0.25) is 0 Å². The Morgan fingerprint density at radius 2 is 1.83 bits per heavy atom. The molecule has 0 spiro atoms. The predicted octanol–water partition coefficient (Wildman–Crippen LogP) is 2.98. The van der Waals surface area contributed by atoms with E-state index >= 15 is 0 Å². The van der Waals surface area contributed by atoms with Crippen molar-refractivity contribution in [1.82, 2.24) is 10.3 Å². The molecule has 0 saturated heterocycles. The summed E-state index contributed by atoms with van der Waals surface area (Å²) in [6.07, 6.45) is -0.0307. The number of hydrogen-bond donors (Lipinski definition) is 1. The largest absolute Gasteiger partial charge is 0.441 e. The minimum absolute atomic E-state index is 0.0252. The van der Waals surface area contributed by atoms with Crippen molar-refractivity contribution in [1.29, 1.82) is 0 Å². The summed E-state index contributed by atoms with van der Waals surface area (Å²) in [7, 11) is 0. The van der Waals surface area contributed by atoms with Gasteiger partial charge >= 0.3 is 0 Å². The molecule has 5 nitrogen and oxygen atoms in total. The summed E-state index contributed by atoms with van der Waals surface area (Å²) in [4.78, 5) is 28.0. The molecular weight excluding hydrogens is 292 g/mol. The van der Waals surface area contributed by atoms with Crippen molar-refractivity contribution in [3.63, 3.8) is 0 Å². The van der Waals surface area contributed by atoms with Gasteiger partial charge in [-0.3, -0.25) is 9.59 Å². The van der Waals surface area contributed by atoms with Crippen LogP contribution in [0.1, 0.15) is 37.3 Å². The van der Waals surface area contributed by atoms with Crippen LogP contribution in [0.25, 0.3) is 11.5 Å².